The molecule has 0 spiro atoms. The SMILES string of the molecule is Cc1cc(Cl)nc2cc3c(cc12)OC(C)(C)[C@H](O)[C@@H]3NCCc1ccccc1. The quantitative estimate of drug-likeness (QED) is 0.633. The molecular formula is C23H25ClN2O2. The first-order valence-corrected chi connectivity index (χ1v) is 9.98. The minimum Gasteiger partial charge on any atom is -0.485 e. The fourth-order valence-electron chi connectivity index (χ4n) is 3.88. The third kappa shape index (κ3) is 3.60. The summed E-state index contributed by atoms with van der Waals surface area (Å²) in [6.45, 7) is 6.61. The van der Waals surface area contributed by atoms with Crippen molar-refractivity contribution in [3.63, 3.8) is 0 Å². The molecule has 0 unspecified atom stereocenters. The largest absolute Gasteiger partial charge is 0.485 e. The second kappa shape index (κ2) is 7.36. The summed E-state index contributed by atoms with van der Waals surface area (Å²) in [5.41, 5.74) is 3.35. The molecule has 1 aromatic heterocycles. The highest BCUT2D eigenvalue weighted by atomic mass is 35.5. The molecule has 4 nitrogen and oxygen atoms in total. The number of nitrogens with zero attached hydrogens (tertiary/aromatic N) is 1. The van der Waals surface area contributed by atoms with E-state index < -0.39 is 11.7 Å². The van der Waals surface area contributed by atoms with Crippen molar-refractivity contribution >= 4 is 22.5 Å². The Hall–Kier alpha value is -2.14. The van der Waals surface area contributed by atoms with Crippen LogP contribution in [0.3, 0.4) is 0 Å². The summed E-state index contributed by atoms with van der Waals surface area (Å²) in [6, 6.07) is 15.9. The average molecular weight is 397 g/mol. The maximum atomic E-state index is 11.0. The molecular weight excluding hydrogens is 372 g/mol. The lowest BCUT2D eigenvalue weighted by Gasteiger charge is -2.42. The molecule has 146 valence electrons. The first-order valence-electron chi connectivity index (χ1n) is 9.60. The summed E-state index contributed by atoms with van der Waals surface area (Å²) in [7, 11) is 0. The van der Waals surface area contributed by atoms with Gasteiger partial charge in [0.05, 0.1) is 11.6 Å². The fraction of sp³-hybridized carbons (Fsp3) is 0.348. The van der Waals surface area contributed by atoms with Gasteiger partial charge >= 0.3 is 0 Å². The van der Waals surface area contributed by atoms with Crippen LogP contribution < -0.4 is 10.1 Å². The molecule has 3 aromatic rings. The van der Waals surface area contributed by atoms with Crippen LogP contribution >= 0.6 is 11.6 Å². The molecule has 2 heterocycles. The number of aliphatic hydroxyl groups excluding tert-OH is 1. The Morgan fingerprint density at radius 2 is 1.93 bits per heavy atom. The highest BCUT2D eigenvalue weighted by molar-refractivity contribution is 6.29. The van der Waals surface area contributed by atoms with Gasteiger partial charge in [0.25, 0.3) is 0 Å². The van der Waals surface area contributed by atoms with Crippen LogP contribution in [0.1, 0.15) is 36.6 Å². The lowest BCUT2D eigenvalue weighted by atomic mass is 9.85. The summed E-state index contributed by atoms with van der Waals surface area (Å²) in [5, 5.41) is 16.0. The van der Waals surface area contributed by atoms with E-state index in [4.69, 9.17) is 16.3 Å². The van der Waals surface area contributed by atoms with Gasteiger partial charge in [0.1, 0.15) is 22.6 Å². The van der Waals surface area contributed by atoms with Crippen molar-refractivity contribution in [2.45, 2.75) is 44.9 Å². The Bertz CT molecular complexity index is 1000. The predicted octanol–water partition coefficient (Wildman–Crippen LogP) is 4.60. The van der Waals surface area contributed by atoms with Crippen molar-refractivity contribution in [2.75, 3.05) is 6.54 Å². The van der Waals surface area contributed by atoms with E-state index in [0.717, 1.165) is 40.7 Å². The number of aryl methyl sites for hydroxylation is 1. The predicted molar refractivity (Wildman–Crippen MR) is 113 cm³/mol. The number of nitrogens with one attached hydrogen (secondary N) is 1. The van der Waals surface area contributed by atoms with Crippen LogP contribution in [0.25, 0.3) is 10.9 Å². The zero-order valence-corrected chi connectivity index (χ0v) is 17.1. The Labute approximate surface area is 170 Å². The molecule has 0 radical (unpaired) electrons. The number of pyridine rings is 1. The van der Waals surface area contributed by atoms with Crippen LogP contribution in [-0.4, -0.2) is 28.3 Å². The zero-order chi connectivity index (χ0) is 19.9. The van der Waals surface area contributed by atoms with E-state index in [2.05, 4.69) is 22.4 Å². The van der Waals surface area contributed by atoms with E-state index in [1.807, 2.05) is 57.2 Å². The number of ether oxygens (including phenoxy) is 1. The second-order valence-electron chi connectivity index (χ2n) is 7.99. The van der Waals surface area contributed by atoms with Gasteiger partial charge in [-0.25, -0.2) is 4.98 Å². The molecule has 0 aliphatic carbocycles. The third-order valence-corrected chi connectivity index (χ3v) is 5.67. The molecule has 0 fully saturated rings. The van der Waals surface area contributed by atoms with Gasteiger partial charge in [-0.1, -0.05) is 41.9 Å². The molecule has 0 saturated carbocycles. The number of hydrogen-bond donors (Lipinski definition) is 2. The molecule has 0 saturated heterocycles. The van der Waals surface area contributed by atoms with Crippen LogP contribution in [0, 0.1) is 6.92 Å². The number of hydrogen-bond acceptors (Lipinski definition) is 4. The lowest BCUT2D eigenvalue weighted by Crippen LogP contribution is -2.52. The highest BCUT2D eigenvalue weighted by Crippen LogP contribution is 2.42. The second-order valence-corrected chi connectivity index (χ2v) is 8.37. The maximum Gasteiger partial charge on any atom is 0.131 e. The average Bonchev–Trinajstić information content (AvgIpc) is 2.65. The van der Waals surface area contributed by atoms with Crippen molar-refractivity contribution in [3.8, 4) is 5.75 Å². The molecule has 0 amide bonds. The number of fused-ring (bicyclic) bond motifs is 2. The van der Waals surface area contributed by atoms with Crippen LogP contribution in [-0.2, 0) is 6.42 Å². The Morgan fingerprint density at radius 3 is 2.68 bits per heavy atom. The van der Waals surface area contributed by atoms with E-state index in [1.165, 1.54) is 5.56 Å². The number of halogens is 1. The number of benzene rings is 2. The van der Waals surface area contributed by atoms with Gasteiger partial charge in [0, 0.05) is 10.9 Å². The maximum absolute atomic E-state index is 11.0. The molecule has 4 rings (SSSR count). The van der Waals surface area contributed by atoms with Crippen LogP contribution in [0.2, 0.25) is 5.15 Å². The first-order chi connectivity index (χ1) is 13.3. The normalized spacial score (nSPS) is 20.6. The van der Waals surface area contributed by atoms with Gasteiger partial charge in [-0.2, -0.15) is 0 Å². The number of rotatable bonds is 4. The van der Waals surface area contributed by atoms with Crippen molar-refractivity contribution in [2.24, 2.45) is 0 Å². The molecule has 2 aromatic carbocycles. The van der Waals surface area contributed by atoms with Gasteiger partial charge < -0.3 is 15.2 Å². The molecule has 28 heavy (non-hydrogen) atoms. The van der Waals surface area contributed by atoms with E-state index in [0.29, 0.717) is 5.15 Å². The molecule has 2 N–H and O–H groups in total. The minimum absolute atomic E-state index is 0.243. The van der Waals surface area contributed by atoms with Crippen molar-refractivity contribution in [1.82, 2.24) is 10.3 Å². The van der Waals surface area contributed by atoms with Gasteiger partial charge in [-0.15, -0.1) is 0 Å². The first kappa shape index (κ1) is 19.2. The lowest BCUT2D eigenvalue weighted by molar-refractivity contribution is -0.0642. The fourth-order valence-corrected chi connectivity index (χ4v) is 4.14. The van der Waals surface area contributed by atoms with Crippen molar-refractivity contribution in [1.29, 1.82) is 0 Å². The van der Waals surface area contributed by atoms with Crippen LogP contribution in [0.4, 0.5) is 0 Å². The Balaban J connectivity index is 1.68. The van der Waals surface area contributed by atoms with Crippen LogP contribution in [0.5, 0.6) is 5.75 Å². The summed E-state index contributed by atoms with van der Waals surface area (Å²) in [6.07, 6.45) is 0.200. The third-order valence-electron chi connectivity index (χ3n) is 5.47. The van der Waals surface area contributed by atoms with E-state index in [1.54, 1.807) is 0 Å². The summed E-state index contributed by atoms with van der Waals surface area (Å²) >= 11 is 6.16. The van der Waals surface area contributed by atoms with Crippen molar-refractivity contribution in [3.05, 3.63) is 70.4 Å². The molecule has 0 bridgehead atoms. The van der Waals surface area contributed by atoms with E-state index >= 15 is 0 Å². The Morgan fingerprint density at radius 1 is 1.18 bits per heavy atom. The smallest absolute Gasteiger partial charge is 0.131 e. The van der Waals surface area contributed by atoms with Gasteiger partial charge in [-0.05, 0) is 63.1 Å². The summed E-state index contributed by atoms with van der Waals surface area (Å²) < 4.78 is 6.17. The van der Waals surface area contributed by atoms with Crippen molar-refractivity contribution < 1.29 is 9.84 Å². The number of aliphatic hydroxyl groups is 1. The molecule has 2 atom stereocenters. The van der Waals surface area contributed by atoms with Gasteiger partial charge in [0.15, 0.2) is 0 Å². The molecule has 5 heteroatoms. The minimum atomic E-state index is -0.696. The van der Waals surface area contributed by atoms with Crippen LogP contribution in [0.15, 0.2) is 48.5 Å². The zero-order valence-electron chi connectivity index (χ0n) is 16.4. The monoisotopic (exact) mass is 396 g/mol. The standard InChI is InChI=1S/C23H25ClN2O2/c1-14-11-20(24)26-18-12-17-19(13-16(14)18)28-23(2,3)22(27)21(17)25-10-9-15-7-5-4-6-8-15/h4-8,11-13,21-22,25,27H,9-10H2,1-3H3/t21-,22-/m1/s1. The molecule has 1 aliphatic rings. The van der Waals surface area contributed by atoms with E-state index in [-0.39, 0.29) is 6.04 Å². The van der Waals surface area contributed by atoms with E-state index in [9.17, 15) is 5.11 Å². The summed E-state index contributed by atoms with van der Waals surface area (Å²) in [5.74, 6) is 0.784. The number of aromatic nitrogens is 1. The summed E-state index contributed by atoms with van der Waals surface area (Å²) in [4.78, 5) is 4.47. The highest BCUT2D eigenvalue weighted by Gasteiger charge is 2.42. The van der Waals surface area contributed by atoms with Gasteiger partial charge in [-0.3, -0.25) is 0 Å². The molecule has 1 aliphatic heterocycles. The van der Waals surface area contributed by atoms with Gasteiger partial charge in [0.2, 0.25) is 0 Å². The topological polar surface area (TPSA) is 54.4 Å². The Kier molecular flexibility index (Phi) is 5.04.